The van der Waals surface area contributed by atoms with Crippen molar-refractivity contribution in [1.82, 2.24) is 5.32 Å². The first kappa shape index (κ1) is 66.8. The van der Waals surface area contributed by atoms with Gasteiger partial charge in [-0.05, 0) is 44.9 Å². The van der Waals surface area contributed by atoms with Crippen LogP contribution in [-0.4, -0.2) is 46.1 Å². The van der Waals surface area contributed by atoms with Crippen LogP contribution in [0.5, 0.6) is 0 Å². The lowest BCUT2D eigenvalue weighted by Gasteiger charge is -2.23. The maximum absolute atomic E-state index is 12.6. The minimum atomic E-state index is -1.07. The molecule has 3 unspecified atom stereocenters. The summed E-state index contributed by atoms with van der Waals surface area (Å²) in [6.45, 7) is 4.27. The molecule has 0 saturated carbocycles. The van der Waals surface area contributed by atoms with E-state index < -0.39 is 24.2 Å². The zero-order valence-electron chi connectivity index (χ0n) is 46.3. The minimum absolute atomic E-state index is 0.310. The number of amides is 1. The van der Waals surface area contributed by atoms with Crippen molar-refractivity contribution in [2.75, 3.05) is 6.61 Å². The summed E-state index contributed by atoms with van der Waals surface area (Å²) in [5.74, 6) is -0.464. The predicted molar refractivity (Wildman–Crippen MR) is 301 cm³/mol. The minimum Gasteiger partial charge on any atom is -0.394 e. The number of hydrogen-bond acceptors (Lipinski definition) is 4. The van der Waals surface area contributed by atoms with Crippen LogP contribution >= 0.6 is 0 Å². The van der Waals surface area contributed by atoms with Gasteiger partial charge in [0.05, 0.1) is 18.8 Å². The van der Waals surface area contributed by atoms with Gasteiger partial charge in [0.2, 0.25) is 5.91 Å². The van der Waals surface area contributed by atoms with E-state index in [4.69, 9.17) is 0 Å². The molecule has 404 valence electrons. The van der Waals surface area contributed by atoms with Gasteiger partial charge >= 0.3 is 0 Å². The van der Waals surface area contributed by atoms with E-state index in [9.17, 15) is 20.1 Å². The Morgan fingerprint density at radius 3 is 0.882 bits per heavy atom. The quantitative estimate of drug-likeness (QED) is 0.0361. The van der Waals surface area contributed by atoms with Crippen LogP contribution in [0, 0.1) is 0 Å². The molecule has 3 atom stereocenters. The van der Waals surface area contributed by atoms with Gasteiger partial charge in [-0.15, -0.1) is 0 Å². The van der Waals surface area contributed by atoms with Gasteiger partial charge in [0, 0.05) is 0 Å². The average molecular weight is 959 g/mol. The highest BCUT2D eigenvalue weighted by Gasteiger charge is 2.23. The number of carbonyl (C=O) groups is 1. The highest BCUT2D eigenvalue weighted by molar-refractivity contribution is 5.80. The number of hydrogen-bond donors (Lipinski definition) is 4. The average Bonchev–Trinajstić information content (AvgIpc) is 3.34. The third-order valence-electron chi connectivity index (χ3n) is 14.8. The fourth-order valence-corrected chi connectivity index (χ4v) is 9.99. The molecule has 0 radical (unpaired) electrons. The van der Waals surface area contributed by atoms with Crippen molar-refractivity contribution in [2.45, 2.75) is 366 Å². The highest BCUT2D eigenvalue weighted by Crippen LogP contribution is 2.18. The standard InChI is InChI=1S/C63H123NO4/c1-3-5-7-9-11-13-15-17-19-21-23-25-27-28-29-30-31-32-33-34-35-36-38-40-42-44-46-48-50-52-54-56-58-62(67)63(68)64-60(59-65)61(66)57-55-53-51-49-47-45-43-41-39-37-26-24-22-20-18-16-14-12-10-8-6-4-2/h23,25,28-29,60-62,65-67H,3-22,24,26-27,30-59H2,1-2H3,(H,64,68)/b25-23-,29-28-. The van der Waals surface area contributed by atoms with E-state index in [1.807, 2.05) is 0 Å². The van der Waals surface area contributed by atoms with Crippen LogP contribution < -0.4 is 5.32 Å². The SMILES string of the molecule is CCCCCCCCCCC/C=C\C/C=C\CCCCCCCCCCCCCCCCCCC(O)C(=O)NC(CO)C(O)CCCCCCCCCCCCCCCCCCCCCCCC. The van der Waals surface area contributed by atoms with Gasteiger partial charge < -0.3 is 20.6 Å². The lowest BCUT2D eigenvalue weighted by molar-refractivity contribution is -0.131. The maximum atomic E-state index is 12.6. The number of carbonyl (C=O) groups excluding carboxylic acids is 1. The zero-order valence-corrected chi connectivity index (χ0v) is 46.3. The zero-order chi connectivity index (χ0) is 49.3. The van der Waals surface area contributed by atoms with E-state index in [1.165, 1.54) is 283 Å². The molecule has 0 saturated heterocycles. The van der Waals surface area contributed by atoms with E-state index in [-0.39, 0.29) is 6.61 Å². The molecule has 4 N–H and O–H groups in total. The molecule has 0 aromatic rings. The van der Waals surface area contributed by atoms with Crippen molar-refractivity contribution < 1.29 is 20.1 Å². The van der Waals surface area contributed by atoms with Crippen molar-refractivity contribution >= 4 is 5.91 Å². The molecule has 0 rings (SSSR count). The predicted octanol–water partition coefficient (Wildman–Crippen LogP) is 19.6. The van der Waals surface area contributed by atoms with Gasteiger partial charge in [-0.2, -0.15) is 0 Å². The molecule has 0 heterocycles. The molecular weight excluding hydrogens is 835 g/mol. The van der Waals surface area contributed by atoms with Crippen LogP contribution in [-0.2, 0) is 4.79 Å². The van der Waals surface area contributed by atoms with E-state index in [0.29, 0.717) is 12.8 Å². The van der Waals surface area contributed by atoms with Crippen LogP contribution in [0.15, 0.2) is 24.3 Å². The Hall–Kier alpha value is -1.17. The molecule has 0 aliphatic carbocycles. The normalized spacial score (nSPS) is 13.3. The second-order valence-corrected chi connectivity index (χ2v) is 21.6. The number of rotatable bonds is 58. The monoisotopic (exact) mass is 958 g/mol. The van der Waals surface area contributed by atoms with Crippen molar-refractivity contribution in [3.63, 3.8) is 0 Å². The van der Waals surface area contributed by atoms with Crippen LogP contribution in [0.25, 0.3) is 0 Å². The van der Waals surface area contributed by atoms with Crippen molar-refractivity contribution in [3.8, 4) is 0 Å². The Balaban J connectivity index is 3.49. The van der Waals surface area contributed by atoms with Crippen LogP contribution in [0.1, 0.15) is 348 Å². The molecule has 0 aromatic carbocycles. The molecule has 5 nitrogen and oxygen atoms in total. The molecule has 0 bridgehead atoms. The first-order valence-electron chi connectivity index (χ1n) is 31.1. The van der Waals surface area contributed by atoms with E-state index in [2.05, 4.69) is 43.5 Å². The Kier molecular flexibility index (Phi) is 57.4. The Morgan fingerprint density at radius 1 is 0.353 bits per heavy atom. The highest BCUT2D eigenvalue weighted by atomic mass is 16.3. The first-order chi connectivity index (χ1) is 33.6. The van der Waals surface area contributed by atoms with Gasteiger partial charge in [-0.25, -0.2) is 0 Å². The van der Waals surface area contributed by atoms with Gasteiger partial charge in [-0.3, -0.25) is 4.79 Å². The number of nitrogens with one attached hydrogen (secondary N) is 1. The van der Waals surface area contributed by atoms with Gasteiger partial charge in [0.1, 0.15) is 6.10 Å². The lowest BCUT2D eigenvalue weighted by atomic mass is 10.0. The molecule has 0 aromatic heterocycles. The maximum Gasteiger partial charge on any atom is 0.249 e. The fourth-order valence-electron chi connectivity index (χ4n) is 9.99. The summed E-state index contributed by atoms with van der Waals surface area (Å²) >= 11 is 0. The lowest BCUT2D eigenvalue weighted by Crippen LogP contribution is -2.49. The summed E-state index contributed by atoms with van der Waals surface area (Å²) in [5, 5.41) is 33.6. The Bertz CT molecular complexity index is 1010. The topological polar surface area (TPSA) is 89.8 Å². The van der Waals surface area contributed by atoms with Gasteiger partial charge in [0.25, 0.3) is 0 Å². The number of aliphatic hydroxyl groups is 3. The number of allylic oxidation sites excluding steroid dienone is 4. The van der Waals surface area contributed by atoms with Crippen LogP contribution in [0.3, 0.4) is 0 Å². The van der Waals surface area contributed by atoms with E-state index in [1.54, 1.807) is 0 Å². The fraction of sp³-hybridized carbons (Fsp3) is 0.921. The molecule has 0 fully saturated rings. The van der Waals surface area contributed by atoms with Crippen molar-refractivity contribution in [2.24, 2.45) is 0 Å². The molecule has 0 spiro atoms. The second kappa shape index (κ2) is 58.4. The first-order valence-corrected chi connectivity index (χ1v) is 31.1. The van der Waals surface area contributed by atoms with Crippen molar-refractivity contribution in [3.05, 3.63) is 24.3 Å². The number of aliphatic hydroxyl groups excluding tert-OH is 3. The van der Waals surface area contributed by atoms with Crippen molar-refractivity contribution in [1.29, 1.82) is 0 Å². The van der Waals surface area contributed by atoms with E-state index in [0.717, 1.165) is 38.5 Å². The number of unbranched alkanes of at least 4 members (excludes halogenated alkanes) is 46. The van der Waals surface area contributed by atoms with E-state index >= 15 is 0 Å². The molecular formula is C63H123NO4. The molecule has 68 heavy (non-hydrogen) atoms. The summed E-state index contributed by atoms with van der Waals surface area (Å²) in [5.41, 5.74) is 0. The third kappa shape index (κ3) is 52.6. The Labute approximate surface area is 426 Å². The van der Waals surface area contributed by atoms with Gasteiger partial charge in [-0.1, -0.05) is 327 Å². The molecule has 0 aliphatic rings. The summed E-state index contributed by atoms with van der Waals surface area (Å²) in [7, 11) is 0. The van der Waals surface area contributed by atoms with Gasteiger partial charge in [0.15, 0.2) is 0 Å². The summed E-state index contributed by atoms with van der Waals surface area (Å²) in [6.07, 6.45) is 75.3. The summed E-state index contributed by atoms with van der Waals surface area (Å²) in [6, 6.07) is -0.711. The summed E-state index contributed by atoms with van der Waals surface area (Å²) < 4.78 is 0. The largest absolute Gasteiger partial charge is 0.394 e. The molecule has 0 aliphatic heterocycles. The second-order valence-electron chi connectivity index (χ2n) is 21.6. The molecule has 5 heteroatoms. The van der Waals surface area contributed by atoms with Crippen LogP contribution in [0.2, 0.25) is 0 Å². The molecule has 1 amide bonds. The summed E-state index contributed by atoms with van der Waals surface area (Å²) in [4.78, 5) is 12.6. The smallest absolute Gasteiger partial charge is 0.249 e. The third-order valence-corrected chi connectivity index (χ3v) is 14.8. The Morgan fingerprint density at radius 2 is 0.603 bits per heavy atom. The van der Waals surface area contributed by atoms with Crippen LogP contribution in [0.4, 0.5) is 0 Å².